The first kappa shape index (κ1) is 14.9. The van der Waals surface area contributed by atoms with E-state index >= 15 is 0 Å². The summed E-state index contributed by atoms with van der Waals surface area (Å²) in [4.78, 5) is 0. The third kappa shape index (κ3) is 1.79. The summed E-state index contributed by atoms with van der Waals surface area (Å²) in [5.74, 6) is 1.53. The van der Waals surface area contributed by atoms with E-state index in [-0.39, 0.29) is 16.9 Å². The number of rotatable bonds is 0. The number of fused-ring (bicyclic) bond motifs is 5. The molecule has 4 rings (SSSR count). The second kappa shape index (κ2) is 4.68. The second-order valence-corrected chi connectivity index (χ2v) is 8.55. The molecular formula is C19H28O3. The molecule has 3 nitrogen and oxygen atoms in total. The van der Waals surface area contributed by atoms with Gasteiger partial charge >= 0.3 is 0 Å². The molecule has 0 aromatic rings. The lowest BCUT2D eigenvalue weighted by Crippen LogP contribution is -2.50. The molecule has 0 amide bonds. The van der Waals surface area contributed by atoms with Gasteiger partial charge in [0.25, 0.3) is 0 Å². The molecular weight excluding hydrogens is 276 g/mol. The first-order chi connectivity index (χ1) is 10.4. The highest BCUT2D eigenvalue weighted by Crippen LogP contribution is 2.63. The minimum atomic E-state index is -0.569. The van der Waals surface area contributed by atoms with Gasteiger partial charge in [-0.2, -0.15) is 0 Å². The van der Waals surface area contributed by atoms with E-state index in [4.69, 9.17) is 0 Å². The fourth-order valence-electron chi connectivity index (χ4n) is 6.22. The lowest BCUT2D eigenvalue weighted by Gasteiger charge is -2.56. The molecule has 0 saturated heterocycles. The van der Waals surface area contributed by atoms with Crippen LogP contribution in [-0.4, -0.2) is 33.6 Å². The Morgan fingerprint density at radius 2 is 1.91 bits per heavy atom. The van der Waals surface area contributed by atoms with E-state index in [1.165, 1.54) is 5.57 Å². The molecule has 3 N–H and O–H groups in total. The van der Waals surface area contributed by atoms with Gasteiger partial charge in [0.2, 0.25) is 0 Å². The molecule has 2 saturated carbocycles. The van der Waals surface area contributed by atoms with Crippen molar-refractivity contribution in [2.45, 2.75) is 64.3 Å². The van der Waals surface area contributed by atoms with Crippen molar-refractivity contribution in [2.75, 3.05) is 0 Å². The highest BCUT2D eigenvalue weighted by atomic mass is 16.3. The zero-order valence-corrected chi connectivity index (χ0v) is 13.6. The quantitative estimate of drug-likeness (QED) is 0.602. The molecule has 4 aliphatic rings. The van der Waals surface area contributed by atoms with Crippen LogP contribution in [-0.2, 0) is 0 Å². The van der Waals surface area contributed by atoms with Crippen molar-refractivity contribution in [3.8, 4) is 0 Å². The molecule has 0 bridgehead atoms. The lowest BCUT2D eigenvalue weighted by atomic mass is 9.49. The predicted octanol–water partition coefficient (Wildman–Crippen LogP) is 2.42. The van der Waals surface area contributed by atoms with E-state index < -0.39 is 12.2 Å². The van der Waals surface area contributed by atoms with Crippen molar-refractivity contribution in [3.63, 3.8) is 0 Å². The third-order valence-corrected chi connectivity index (χ3v) is 7.60. The van der Waals surface area contributed by atoms with Crippen molar-refractivity contribution >= 4 is 0 Å². The van der Waals surface area contributed by atoms with Crippen LogP contribution in [0.1, 0.15) is 46.0 Å². The van der Waals surface area contributed by atoms with Crippen LogP contribution < -0.4 is 0 Å². The van der Waals surface area contributed by atoms with Gasteiger partial charge in [-0.1, -0.05) is 37.6 Å². The van der Waals surface area contributed by atoms with Crippen LogP contribution in [0.15, 0.2) is 23.8 Å². The first-order valence-corrected chi connectivity index (χ1v) is 8.79. The molecule has 122 valence electrons. The van der Waals surface area contributed by atoms with Crippen LogP contribution in [0, 0.1) is 28.6 Å². The van der Waals surface area contributed by atoms with E-state index in [9.17, 15) is 15.3 Å². The molecule has 22 heavy (non-hydrogen) atoms. The van der Waals surface area contributed by atoms with Crippen LogP contribution in [0.3, 0.4) is 0 Å². The Bertz CT molecular complexity index is 539. The normalized spacial score (nSPS) is 56.9. The topological polar surface area (TPSA) is 60.7 Å². The van der Waals surface area contributed by atoms with E-state index in [1.54, 1.807) is 0 Å². The first-order valence-electron chi connectivity index (χ1n) is 8.79. The molecule has 8 atom stereocenters. The largest absolute Gasteiger partial charge is 0.390 e. The summed E-state index contributed by atoms with van der Waals surface area (Å²) in [6.07, 6.45) is 9.72. The standard InChI is InChI=1S/C19H28O3/c1-18-7-5-12(20)9-11(18)3-4-13-14(18)6-8-19(2)15(13)10-16(21)17(19)22/h3,5,7,12-17,20-22H,4,6,8-10H2,1-2H3/t12?,13-,14-,15+,16?,17?,18+,19+/m1/s1. The van der Waals surface area contributed by atoms with Gasteiger partial charge in [-0.05, 0) is 55.3 Å². The maximum atomic E-state index is 10.5. The van der Waals surface area contributed by atoms with E-state index in [1.807, 2.05) is 6.08 Å². The Labute approximate surface area is 132 Å². The van der Waals surface area contributed by atoms with Crippen LogP contribution in [0.5, 0.6) is 0 Å². The van der Waals surface area contributed by atoms with Crippen LogP contribution in [0.4, 0.5) is 0 Å². The number of aliphatic hydroxyl groups excluding tert-OH is 3. The summed E-state index contributed by atoms with van der Waals surface area (Å²) in [7, 11) is 0. The molecule has 3 heteroatoms. The average Bonchev–Trinajstić information content (AvgIpc) is 2.72. The van der Waals surface area contributed by atoms with Crippen molar-refractivity contribution < 1.29 is 15.3 Å². The summed E-state index contributed by atoms with van der Waals surface area (Å²) < 4.78 is 0. The molecule has 2 fully saturated rings. The Morgan fingerprint density at radius 3 is 2.68 bits per heavy atom. The summed E-state index contributed by atoms with van der Waals surface area (Å²) >= 11 is 0. The Balaban J connectivity index is 1.71. The van der Waals surface area contributed by atoms with Crippen molar-refractivity contribution in [2.24, 2.45) is 28.6 Å². The summed E-state index contributed by atoms with van der Waals surface area (Å²) in [5.41, 5.74) is 1.33. The van der Waals surface area contributed by atoms with Crippen LogP contribution >= 0.6 is 0 Å². The van der Waals surface area contributed by atoms with E-state index in [0.29, 0.717) is 17.8 Å². The monoisotopic (exact) mass is 304 g/mol. The predicted molar refractivity (Wildman–Crippen MR) is 85.0 cm³/mol. The van der Waals surface area contributed by atoms with E-state index in [2.05, 4.69) is 26.0 Å². The Hall–Kier alpha value is -0.640. The third-order valence-electron chi connectivity index (χ3n) is 7.60. The molecule has 0 heterocycles. The van der Waals surface area contributed by atoms with Gasteiger partial charge in [0.1, 0.15) is 0 Å². The number of hydrogen-bond acceptors (Lipinski definition) is 3. The molecule has 0 aromatic carbocycles. The molecule has 0 spiro atoms. The molecule has 3 unspecified atom stereocenters. The lowest BCUT2D eigenvalue weighted by molar-refractivity contribution is -0.0705. The Kier molecular flexibility index (Phi) is 3.18. The SMILES string of the molecule is C[C@]12C=CC(O)CC1=CC[C@@H]1[C@H]2CC[C@]2(C)C(O)C(O)C[C@@H]12. The van der Waals surface area contributed by atoms with Crippen molar-refractivity contribution in [3.05, 3.63) is 23.8 Å². The summed E-state index contributed by atoms with van der Waals surface area (Å²) in [6, 6.07) is 0. The number of aliphatic hydroxyl groups is 3. The number of hydrogen-bond donors (Lipinski definition) is 3. The Morgan fingerprint density at radius 1 is 1.14 bits per heavy atom. The van der Waals surface area contributed by atoms with Gasteiger partial charge in [0, 0.05) is 5.41 Å². The van der Waals surface area contributed by atoms with Gasteiger partial charge < -0.3 is 15.3 Å². The molecule has 0 aliphatic heterocycles. The minimum Gasteiger partial charge on any atom is -0.390 e. The van der Waals surface area contributed by atoms with Crippen LogP contribution in [0.2, 0.25) is 0 Å². The fourth-order valence-corrected chi connectivity index (χ4v) is 6.22. The minimum absolute atomic E-state index is 0.0575. The summed E-state index contributed by atoms with van der Waals surface area (Å²) in [5, 5.41) is 30.6. The van der Waals surface area contributed by atoms with Crippen molar-refractivity contribution in [1.29, 1.82) is 0 Å². The highest BCUT2D eigenvalue weighted by molar-refractivity contribution is 5.33. The zero-order valence-electron chi connectivity index (χ0n) is 13.6. The van der Waals surface area contributed by atoms with Gasteiger partial charge in [0.15, 0.2) is 0 Å². The van der Waals surface area contributed by atoms with E-state index in [0.717, 1.165) is 32.1 Å². The highest BCUT2D eigenvalue weighted by Gasteiger charge is 2.60. The molecule has 0 radical (unpaired) electrons. The zero-order chi connectivity index (χ0) is 15.7. The number of allylic oxidation sites excluding steroid dienone is 2. The van der Waals surface area contributed by atoms with Crippen molar-refractivity contribution in [1.82, 2.24) is 0 Å². The maximum Gasteiger partial charge on any atom is 0.0855 e. The fraction of sp³-hybridized carbons (Fsp3) is 0.789. The summed E-state index contributed by atoms with van der Waals surface area (Å²) in [6.45, 7) is 4.50. The smallest absolute Gasteiger partial charge is 0.0855 e. The van der Waals surface area contributed by atoms with Gasteiger partial charge in [-0.25, -0.2) is 0 Å². The molecule has 4 aliphatic carbocycles. The van der Waals surface area contributed by atoms with Gasteiger partial charge in [-0.3, -0.25) is 0 Å². The second-order valence-electron chi connectivity index (χ2n) is 8.55. The maximum absolute atomic E-state index is 10.5. The average molecular weight is 304 g/mol. The van der Waals surface area contributed by atoms with Gasteiger partial charge in [0.05, 0.1) is 18.3 Å². The van der Waals surface area contributed by atoms with Gasteiger partial charge in [-0.15, -0.1) is 0 Å². The van der Waals surface area contributed by atoms with Crippen LogP contribution in [0.25, 0.3) is 0 Å². The molecule has 0 aromatic heterocycles.